The van der Waals surface area contributed by atoms with Crippen LogP contribution < -0.4 is 10.0 Å². The Hall–Kier alpha value is -2.36. The van der Waals surface area contributed by atoms with E-state index in [1.54, 1.807) is 44.2 Å². The van der Waals surface area contributed by atoms with Crippen LogP contribution in [0.5, 0.6) is 0 Å². The smallest absolute Gasteiger partial charge is 0.269 e. The number of hydrogen-bond acceptors (Lipinski definition) is 6. The molecule has 2 aromatic carbocycles. The van der Waals surface area contributed by atoms with E-state index in [0.29, 0.717) is 34.3 Å². The van der Waals surface area contributed by atoms with Gasteiger partial charge in [-0.25, -0.2) is 12.7 Å². The van der Waals surface area contributed by atoms with Gasteiger partial charge in [-0.05, 0) is 32.0 Å². The molecule has 0 spiro atoms. The molecule has 0 amide bonds. The first kappa shape index (κ1) is 22.3. The van der Waals surface area contributed by atoms with Gasteiger partial charge in [-0.15, -0.1) is 0 Å². The van der Waals surface area contributed by atoms with Gasteiger partial charge < -0.3 is 15.0 Å². The van der Waals surface area contributed by atoms with Crippen LogP contribution in [0.2, 0.25) is 25.7 Å². The standard InChI is InChI=1S/C21H29N3O4SSi/c1-15-16(2)23-28-21(15)24(14-27-12-13-30(3,4)5)29(25,26)20-11-7-8-17-18(20)9-6-10-19(17)22/h6-11H,12-14,22H2,1-5H3. The van der Waals surface area contributed by atoms with Gasteiger partial charge in [-0.1, -0.05) is 49.1 Å². The molecule has 0 aliphatic carbocycles. The minimum atomic E-state index is -3.99. The molecule has 0 saturated carbocycles. The summed E-state index contributed by atoms with van der Waals surface area (Å²) in [6.07, 6.45) is 0. The van der Waals surface area contributed by atoms with Gasteiger partial charge in [0, 0.05) is 36.7 Å². The van der Waals surface area contributed by atoms with Crippen LogP contribution in [0.4, 0.5) is 11.6 Å². The topological polar surface area (TPSA) is 98.7 Å². The normalized spacial score (nSPS) is 12.4. The number of anilines is 2. The molecule has 3 rings (SSSR count). The average molecular weight is 448 g/mol. The molecule has 7 nitrogen and oxygen atoms in total. The lowest BCUT2D eigenvalue weighted by molar-refractivity contribution is 0.153. The molecule has 0 atom stereocenters. The summed E-state index contributed by atoms with van der Waals surface area (Å²) in [5.41, 5.74) is 7.88. The fourth-order valence-corrected chi connectivity index (χ4v) is 5.35. The van der Waals surface area contributed by atoms with Crippen molar-refractivity contribution in [3.05, 3.63) is 47.7 Å². The molecule has 3 aromatic rings. The van der Waals surface area contributed by atoms with Crippen LogP contribution in [0, 0.1) is 13.8 Å². The van der Waals surface area contributed by atoms with Crippen molar-refractivity contribution < 1.29 is 17.7 Å². The SMILES string of the molecule is Cc1noc(N(COCC[Si](C)(C)C)S(=O)(=O)c2cccc3c(N)cccc23)c1C. The Kier molecular flexibility index (Phi) is 6.26. The summed E-state index contributed by atoms with van der Waals surface area (Å²) < 4.78 is 39.8. The summed E-state index contributed by atoms with van der Waals surface area (Å²) >= 11 is 0. The molecule has 0 radical (unpaired) electrons. The number of sulfonamides is 1. The third kappa shape index (κ3) is 4.53. The second kappa shape index (κ2) is 8.41. The molecular formula is C21H29N3O4SSi. The molecule has 1 heterocycles. The van der Waals surface area contributed by atoms with E-state index in [1.807, 2.05) is 6.07 Å². The van der Waals surface area contributed by atoms with Crippen LogP contribution in [0.3, 0.4) is 0 Å². The quantitative estimate of drug-likeness (QED) is 0.236. The third-order valence-electron chi connectivity index (χ3n) is 5.05. The number of hydrogen-bond donors (Lipinski definition) is 1. The number of nitrogens with two attached hydrogens (primary N) is 1. The fourth-order valence-electron chi connectivity index (χ4n) is 3.05. The van der Waals surface area contributed by atoms with Crippen molar-refractivity contribution >= 4 is 40.4 Å². The molecule has 2 N–H and O–H groups in total. The van der Waals surface area contributed by atoms with Gasteiger partial charge in [0.15, 0.2) is 0 Å². The van der Waals surface area contributed by atoms with Crippen molar-refractivity contribution in [1.82, 2.24) is 5.16 Å². The zero-order valence-corrected chi connectivity index (χ0v) is 19.9. The first-order chi connectivity index (χ1) is 14.0. The summed E-state index contributed by atoms with van der Waals surface area (Å²) in [5.74, 6) is 0.168. The average Bonchev–Trinajstić information content (AvgIpc) is 2.99. The highest BCUT2D eigenvalue weighted by Crippen LogP contribution is 2.33. The van der Waals surface area contributed by atoms with Gasteiger partial charge in [0.25, 0.3) is 10.0 Å². The Morgan fingerprint density at radius 2 is 1.77 bits per heavy atom. The molecule has 9 heteroatoms. The number of nitrogen functional groups attached to an aromatic ring is 1. The Labute approximate surface area is 178 Å². The molecule has 0 aliphatic heterocycles. The fraction of sp³-hybridized carbons (Fsp3) is 0.381. The molecule has 0 aliphatic rings. The second-order valence-corrected chi connectivity index (χ2v) is 16.1. The molecule has 0 saturated heterocycles. The first-order valence-electron chi connectivity index (χ1n) is 9.83. The lowest BCUT2D eigenvalue weighted by Gasteiger charge is -2.24. The van der Waals surface area contributed by atoms with Crippen molar-refractivity contribution in [3.8, 4) is 0 Å². The number of aryl methyl sites for hydroxylation is 1. The van der Waals surface area contributed by atoms with E-state index in [9.17, 15) is 8.42 Å². The maximum Gasteiger partial charge on any atom is 0.269 e. The minimum Gasteiger partial charge on any atom is -0.398 e. The highest BCUT2D eigenvalue weighted by Gasteiger charge is 2.32. The Bertz CT molecular complexity index is 1150. The van der Waals surface area contributed by atoms with Crippen LogP contribution in [-0.4, -0.2) is 35.0 Å². The van der Waals surface area contributed by atoms with Crippen molar-refractivity contribution in [3.63, 3.8) is 0 Å². The highest BCUT2D eigenvalue weighted by atomic mass is 32.2. The summed E-state index contributed by atoms with van der Waals surface area (Å²) in [6, 6.07) is 11.2. The lowest BCUT2D eigenvalue weighted by atomic mass is 10.1. The first-order valence-corrected chi connectivity index (χ1v) is 15.0. The van der Waals surface area contributed by atoms with Crippen LogP contribution >= 0.6 is 0 Å². The van der Waals surface area contributed by atoms with Crippen LogP contribution in [0.1, 0.15) is 11.3 Å². The van der Waals surface area contributed by atoms with Crippen LogP contribution in [0.25, 0.3) is 10.8 Å². The monoisotopic (exact) mass is 447 g/mol. The molecule has 1 aromatic heterocycles. The largest absolute Gasteiger partial charge is 0.398 e. The predicted octanol–water partition coefficient (Wildman–Crippen LogP) is 4.53. The van der Waals surface area contributed by atoms with Crippen molar-refractivity contribution in [2.75, 3.05) is 23.4 Å². The molecule has 162 valence electrons. The molecule has 0 bridgehead atoms. The maximum absolute atomic E-state index is 13.7. The van der Waals surface area contributed by atoms with E-state index in [1.165, 1.54) is 0 Å². The van der Waals surface area contributed by atoms with E-state index >= 15 is 0 Å². The van der Waals surface area contributed by atoms with Crippen molar-refractivity contribution in [2.24, 2.45) is 0 Å². The van der Waals surface area contributed by atoms with Gasteiger partial charge in [-0.3, -0.25) is 0 Å². The van der Waals surface area contributed by atoms with E-state index in [0.717, 1.165) is 10.3 Å². The van der Waals surface area contributed by atoms with E-state index in [4.69, 9.17) is 15.0 Å². The van der Waals surface area contributed by atoms with Gasteiger partial charge in [0.1, 0.15) is 6.73 Å². The Morgan fingerprint density at radius 3 is 2.40 bits per heavy atom. The maximum atomic E-state index is 13.7. The Balaban J connectivity index is 2.04. The van der Waals surface area contributed by atoms with Crippen molar-refractivity contribution in [1.29, 1.82) is 0 Å². The number of rotatable bonds is 8. The number of aromatic nitrogens is 1. The number of ether oxygens (including phenoxy) is 1. The number of nitrogens with zero attached hydrogens (tertiary/aromatic N) is 2. The zero-order chi connectivity index (χ0) is 22.1. The van der Waals surface area contributed by atoms with E-state index in [2.05, 4.69) is 24.8 Å². The van der Waals surface area contributed by atoms with Gasteiger partial charge >= 0.3 is 0 Å². The lowest BCUT2D eigenvalue weighted by Crippen LogP contribution is -2.34. The van der Waals surface area contributed by atoms with Crippen LogP contribution in [-0.2, 0) is 14.8 Å². The van der Waals surface area contributed by atoms with Gasteiger partial charge in [-0.2, -0.15) is 0 Å². The van der Waals surface area contributed by atoms with Gasteiger partial charge in [0.05, 0.1) is 10.6 Å². The Morgan fingerprint density at radius 1 is 1.10 bits per heavy atom. The minimum absolute atomic E-state index is 0.148. The summed E-state index contributed by atoms with van der Waals surface area (Å²) in [7, 11) is -5.30. The summed E-state index contributed by atoms with van der Waals surface area (Å²) in [4.78, 5) is 0.148. The van der Waals surface area contributed by atoms with E-state index in [-0.39, 0.29) is 17.5 Å². The van der Waals surface area contributed by atoms with Gasteiger partial charge in [0.2, 0.25) is 5.88 Å². The molecule has 0 fully saturated rings. The van der Waals surface area contributed by atoms with E-state index < -0.39 is 18.1 Å². The number of benzene rings is 2. The summed E-state index contributed by atoms with van der Waals surface area (Å²) in [6.45, 7) is 10.6. The van der Waals surface area contributed by atoms with Crippen LogP contribution in [0.15, 0.2) is 45.8 Å². The molecular weight excluding hydrogens is 418 g/mol. The predicted molar refractivity (Wildman–Crippen MR) is 123 cm³/mol. The van der Waals surface area contributed by atoms with Crippen molar-refractivity contribution in [2.45, 2.75) is 44.4 Å². The molecule has 0 unspecified atom stereocenters. The second-order valence-electron chi connectivity index (χ2n) is 8.60. The molecule has 30 heavy (non-hydrogen) atoms. The zero-order valence-electron chi connectivity index (χ0n) is 18.1. The number of fused-ring (bicyclic) bond motifs is 1. The highest BCUT2D eigenvalue weighted by molar-refractivity contribution is 7.93. The third-order valence-corrected chi connectivity index (χ3v) is 8.52. The summed E-state index contributed by atoms with van der Waals surface area (Å²) in [5, 5.41) is 5.18.